The fraction of sp³-hybridized carbons (Fsp3) is 0.765. The molecule has 0 aliphatic carbocycles. The number of carbonyl (C=O) groups is 4. The second-order valence-corrected chi connectivity index (χ2v) is 9.08. The Morgan fingerprint density at radius 1 is 1.07 bits per heavy atom. The van der Waals surface area contributed by atoms with Crippen molar-refractivity contribution in [1.29, 1.82) is 0 Å². The number of hydrogen-bond donors (Lipinski definition) is 6. The van der Waals surface area contributed by atoms with Crippen LogP contribution in [0.25, 0.3) is 0 Å². The summed E-state index contributed by atoms with van der Waals surface area (Å²) in [6.07, 6.45) is 2.33. The van der Waals surface area contributed by atoms with E-state index < -0.39 is 49.2 Å². The van der Waals surface area contributed by atoms with Gasteiger partial charge in [0.1, 0.15) is 23.9 Å². The van der Waals surface area contributed by atoms with Gasteiger partial charge in [0.05, 0.1) is 0 Å². The van der Waals surface area contributed by atoms with Crippen LogP contribution in [0.15, 0.2) is 0 Å². The molecule has 0 spiro atoms. The number of nitrogens with one attached hydrogen (secondary N) is 4. The van der Waals surface area contributed by atoms with Crippen molar-refractivity contribution in [3.8, 4) is 0 Å². The van der Waals surface area contributed by atoms with Crippen molar-refractivity contribution >= 4 is 31.2 Å². The molecule has 1 aliphatic rings. The number of rotatable bonds is 11. The molecule has 6 N–H and O–H groups in total. The van der Waals surface area contributed by atoms with Crippen molar-refractivity contribution in [2.45, 2.75) is 83.2 Å². The van der Waals surface area contributed by atoms with Crippen LogP contribution in [0, 0.1) is 0 Å². The Labute approximate surface area is 169 Å². The molecule has 29 heavy (non-hydrogen) atoms. The summed E-state index contributed by atoms with van der Waals surface area (Å²) in [6, 6.07) is -2.58. The quantitative estimate of drug-likeness (QED) is 0.237. The third-order valence-electron chi connectivity index (χ3n) is 4.59. The predicted molar refractivity (Wildman–Crippen MR) is 104 cm³/mol. The molecule has 1 fully saturated rings. The maximum absolute atomic E-state index is 12.7. The standard InChI is InChI=1S/C17H31N4O7P/c1-4-6-11(15(23)18-10(3)29(26,27)28)20-16(24)12(7-5-2)21-17(25)13-8-9-14(22)19-13/h10-13H,4-9H2,1-3H3,(H,18,23)(H,19,22)(H,20,24)(H,21,25)(H2,26,27,28)/t10-,11+,12+,13+/m1/s1. The minimum Gasteiger partial charge on any atom is -0.344 e. The van der Waals surface area contributed by atoms with E-state index in [1.807, 2.05) is 6.92 Å². The predicted octanol–water partition coefficient (Wildman–Crippen LogP) is -0.525. The molecule has 1 saturated heterocycles. The highest BCUT2D eigenvalue weighted by Crippen LogP contribution is 2.39. The van der Waals surface area contributed by atoms with E-state index in [0.29, 0.717) is 25.7 Å². The Hall–Kier alpha value is -1.97. The van der Waals surface area contributed by atoms with Gasteiger partial charge < -0.3 is 31.1 Å². The van der Waals surface area contributed by atoms with Crippen LogP contribution < -0.4 is 21.3 Å². The second kappa shape index (κ2) is 11.3. The SMILES string of the molecule is CCC[C@H](NC(=O)[C@@H]1CCC(=O)N1)C(=O)N[C@@H](CCC)C(=O)N[C@@H](C)P(=O)(O)O. The van der Waals surface area contributed by atoms with Crippen LogP contribution in [0.2, 0.25) is 0 Å². The Bertz CT molecular complexity index is 666. The zero-order valence-electron chi connectivity index (χ0n) is 16.9. The van der Waals surface area contributed by atoms with Gasteiger partial charge in [-0.15, -0.1) is 0 Å². The van der Waals surface area contributed by atoms with Gasteiger partial charge in [-0.2, -0.15) is 0 Å². The second-order valence-electron chi connectivity index (χ2n) is 7.13. The third-order valence-corrected chi connectivity index (χ3v) is 5.73. The molecule has 1 rings (SSSR count). The lowest BCUT2D eigenvalue weighted by atomic mass is 10.1. The lowest BCUT2D eigenvalue weighted by molar-refractivity contribution is -0.133. The van der Waals surface area contributed by atoms with E-state index in [1.165, 1.54) is 6.92 Å². The van der Waals surface area contributed by atoms with Crippen LogP contribution in [0.3, 0.4) is 0 Å². The first-order valence-electron chi connectivity index (χ1n) is 9.75. The molecule has 0 aromatic heterocycles. The molecule has 0 aromatic carbocycles. The largest absolute Gasteiger partial charge is 0.347 e. The smallest absolute Gasteiger partial charge is 0.344 e. The lowest BCUT2D eigenvalue weighted by Gasteiger charge is -2.25. The first-order chi connectivity index (χ1) is 13.5. The van der Waals surface area contributed by atoms with Crippen LogP contribution >= 0.6 is 7.60 Å². The van der Waals surface area contributed by atoms with E-state index in [4.69, 9.17) is 9.79 Å². The summed E-state index contributed by atoms with van der Waals surface area (Å²) in [5, 5.41) is 9.92. The number of hydrogen-bond acceptors (Lipinski definition) is 5. The van der Waals surface area contributed by atoms with Crippen molar-refractivity contribution in [1.82, 2.24) is 21.3 Å². The van der Waals surface area contributed by atoms with Gasteiger partial charge in [-0.25, -0.2) is 0 Å². The molecule has 4 amide bonds. The molecular weight excluding hydrogens is 403 g/mol. The summed E-state index contributed by atoms with van der Waals surface area (Å²) in [7, 11) is -4.51. The van der Waals surface area contributed by atoms with E-state index in [9.17, 15) is 23.7 Å². The first-order valence-corrected chi connectivity index (χ1v) is 11.4. The summed E-state index contributed by atoms with van der Waals surface area (Å²) in [5.41, 5.74) is 0. The zero-order valence-corrected chi connectivity index (χ0v) is 17.8. The molecule has 0 unspecified atom stereocenters. The first kappa shape index (κ1) is 25.1. The van der Waals surface area contributed by atoms with Gasteiger partial charge in [0.15, 0.2) is 0 Å². The van der Waals surface area contributed by atoms with E-state index in [1.54, 1.807) is 6.92 Å². The molecule has 12 heteroatoms. The fourth-order valence-corrected chi connectivity index (χ4v) is 3.16. The summed E-state index contributed by atoms with van der Waals surface area (Å²) in [5.74, 6) is -3.34. The van der Waals surface area contributed by atoms with Crippen LogP contribution in [-0.2, 0) is 23.7 Å². The normalized spacial score (nSPS) is 19.6. The molecule has 0 aromatic rings. The van der Waals surface area contributed by atoms with E-state index in [-0.39, 0.29) is 18.7 Å². The summed E-state index contributed by atoms with van der Waals surface area (Å²) in [6.45, 7) is 4.81. The average molecular weight is 434 g/mol. The van der Waals surface area contributed by atoms with Crippen LogP contribution in [0.5, 0.6) is 0 Å². The van der Waals surface area contributed by atoms with Crippen molar-refractivity contribution in [2.75, 3.05) is 0 Å². The molecule has 166 valence electrons. The van der Waals surface area contributed by atoms with Crippen LogP contribution in [-0.4, -0.2) is 57.3 Å². The van der Waals surface area contributed by atoms with Crippen molar-refractivity contribution in [3.05, 3.63) is 0 Å². The summed E-state index contributed by atoms with van der Waals surface area (Å²) in [4.78, 5) is 66.9. The molecule has 0 radical (unpaired) electrons. The Kier molecular flexibility index (Phi) is 9.75. The molecule has 1 aliphatic heterocycles. The highest BCUT2D eigenvalue weighted by atomic mass is 31.2. The number of carbonyl (C=O) groups excluding carboxylic acids is 4. The van der Waals surface area contributed by atoms with Gasteiger partial charge in [-0.1, -0.05) is 26.7 Å². The minimum atomic E-state index is -4.51. The van der Waals surface area contributed by atoms with Gasteiger partial charge in [0.25, 0.3) is 0 Å². The number of amides is 4. The maximum atomic E-state index is 12.7. The molecule has 0 bridgehead atoms. The summed E-state index contributed by atoms with van der Waals surface area (Å²) < 4.78 is 11.2. The van der Waals surface area contributed by atoms with E-state index in [0.717, 1.165) is 0 Å². The zero-order chi connectivity index (χ0) is 22.2. The van der Waals surface area contributed by atoms with E-state index >= 15 is 0 Å². The third kappa shape index (κ3) is 8.12. The lowest BCUT2D eigenvalue weighted by Crippen LogP contribution is -2.56. The Morgan fingerprint density at radius 2 is 1.59 bits per heavy atom. The van der Waals surface area contributed by atoms with Crippen molar-refractivity contribution < 1.29 is 33.5 Å². The molecule has 0 saturated carbocycles. The van der Waals surface area contributed by atoms with E-state index in [2.05, 4.69) is 21.3 Å². The summed E-state index contributed by atoms with van der Waals surface area (Å²) >= 11 is 0. The van der Waals surface area contributed by atoms with Crippen LogP contribution in [0.1, 0.15) is 59.3 Å². The molecule has 4 atom stereocenters. The van der Waals surface area contributed by atoms with Gasteiger partial charge in [0.2, 0.25) is 23.6 Å². The van der Waals surface area contributed by atoms with Crippen LogP contribution in [0.4, 0.5) is 0 Å². The van der Waals surface area contributed by atoms with Gasteiger partial charge >= 0.3 is 7.60 Å². The Balaban J connectivity index is 2.77. The van der Waals surface area contributed by atoms with Gasteiger partial charge in [0, 0.05) is 6.42 Å². The average Bonchev–Trinajstić information content (AvgIpc) is 3.06. The molecule has 1 heterocycles. The van der Waals surface area contributed by atoms with Crippen molar-refractivity contribution in [2.24, 2.45) is 0 Å². The fourth-order valence-electron chi connectivity index (χ4n) is 2.86. The van der Waals surface area contributed by atoms with Crippen molar-refractivity contribution in [3.63, 3.8) is 0 Å². The molecular formula is C17H31N4O7P. The minimum absolute atomic E-state index is 0.222. The molecule has 11 nitrogen and oxygen atoms in total. The van der Waals surface area contributed by atoms with Gasteiger partial charge in [-0.05, 0) is 26.2 Å². The highest BCUT2D eigenvalue weighted by Gasteiger charge is 2.33. The topological polar surface area (TPSA) is 174 Å². The highest BCUT2D eigenvalue weighted by molar-refractivity contribution is 7.52. The monoisotopic (exact) mass is 434 g/mol. The maximum Gasteiger partial charge on any atom is 0.347 e. The Morgan fingerprint density at radius 3 is 2.03 bits per heavy atom. The van der Waals surface area contributed by atoms with Gasteiger partial charge in [-0.3, -0.25) is 23.7 Å².